The van der Waals surface area contributed by atoms with Crippen LogP contribution in [0.5, 0.6) is 0 Å². The monoisotopic (exact) mass is 595 g/mol. The minimum Gasteiger partial charge on any atom is -0.465 e. The molecule has 44 heavy (non-hydrogen) atoms. The summed E-state index contributed by atoms with van der Waals surface area (Å²) in [5, 5.41) is 9.78. The molecule has 2 amide bonds. The molecule has 0 aromatic heterocycles. The summed E-state index contributed by atoms with van der Waals surface area (Å²) in [7, 11) is 0. The number of Topliss-reactive ketones (excluding diaryl/α,β-unsaturated/α-hetero) is 2. The van der Waals surface area contributed by atoms with E-state index >= 15 is 0 Å². The number of ketones is 2. The molecule has 2 fully saturated rings. The highest BCUT2D eigenvalue weighted by atomic mass is 16.4. The number of nitrogens with zero attached hydrogens (tertiary/aromatic N) is 3. The fourth-order valence-electron chi connectivity index (χ4n) is 6.80. The number of benzene rings is 3. The van der Waals surface area contributed by atoms with Crippen molar-refractivity contribution in [2.45, 2.75) is 32.7 Å². The van der Waals surface area contributed by atoms with Gasteiger partial charge in [0.05, 0.1) is 12.6 Å². The molecule has 2 aliphatic heterocycles. The average Bonchev–Trinajstić information content (AvgIpc) is 3.04. The maximum atomic E-state index is 14.2. The molecule has 2 saturated heterocycles. The Morgan fingerprint density at radius 1 is 0.705 bits per heavy atom. The quantitative estimate of drug-likeness (QED) is 0.372. The van der Waals surface area contributed by atoms with Crippen LogP contribution in [-0.4, -0.2) is 88.7 Å². The normalized spacial score (nSPS) is 22.8. The zero-order chi connectivity index (χ0) is 31.4. The maximum absolute atomic E-state index is 14.2. The lowest BCUT2D eigenvalue weighted by atomic mass is 9.68. The summed E-state index contributed by atoms with van der Waals surface area (Å²) in [6.07, 6.45) is -0.982. The number of piperazine rings is 1. The van der Waals surface area contributed by atoms with Gasteiger partial charge in [-0.3, -0.25) is 19.3 Å². The van der Waals surface area contributed by atoms with Crippen molar-refractivity contribution in [3.05, 3.63) is 108 Å². The summed E-state index contributed by atoms with van der Waals surface area (Å²) < 4.78 is 0. The lowest BCUT2D eigenvalue weighted by Gasteiger charge is -2.47. The maximum Gasteiger partial charge on any atom is 0.407 e. The lowest BCUT2D eigenvalue weighted by Crippen LogP contribution is -2.61. The summed E-state index contributed by atoms with van der Waals surface area (Å²) >= 11 is 0. The van der Waals surface area contributed by atoms with E-state index in [0.717, 1.165) is 5.56 Å². The standard InChI is InChI=1S/C36H41N3O5/c1-36(2,3)30-23-38(19-20-39(30)35(43)44)31(40)24-37-21-28(33(41)26-15-9-5-10-16-26)32(25-13-7-4-8-14-25)29(22-37)34(42)27-17-11-6-12-18-27/h4-18,28-30,32H,19-24H2,1-3H3,(H,43,44). The molecule has 230 valence electrons. The highest BCUT2D eigenvalue weighted by molar-refractivity contribution is 6.02. The van der Waals surface area contributed by atoms with Gasteiger partial charge in [0.25, 0.3) is 0 Å². The van der Waals surface area contributed by atoms with Crippen molar-refractivity contribution < 1.29 is 24.3 Å². The molecule has 3 atom stereocenters. The number of rotatable bonds is 7. The molecule has 5 rings (SSSR count). The minimum absolute atomic E-state index is 0.0442. The van der Waals surface area contributed by atoms with E-state index in [-0.39, 0.29) is 47.9 Å². The van der Waals surface area contributed by atoms with Crippen molar-refractivity contribution in [1.82, 2.24) is 14.7 Å². The fourth-order valence-corrected chi connectivity index (χ4v) is 6.80. The van der Waals surface area contributed by atoms with Gasteiger partial charge in [-0.1, -0.05) is 112 Å². The van der Waals surface area contributed by atoms with Crippen LogP contribution in [-0.2, 0) is 4.79 Å². The van der Waals surface area contributed by atoms with Gasteiger partial charge in [0.15, 0.2) is 11.6 Å². The van der Waals surface area contributed by atoms with Crippen LogP contribution in [0.1, 0.15) is 53.0 Å². The summed E-state index contributed by atoms with van der Waals surface area (Å²) in [4.78, 5) is 59.2. The largest absolute Gasteiger partial charge is 0.465 e. The van der Waals surface area contributed by atoms with Gasteiger partial charge in [-0.05, 0) is 11.0 Å². The zero-order valence-corrected chi connectivity index (χ0v) is 25.6. The van der Waals surface area contributed by atoms with Gasteiger partial charge in [-0.25, -0.2) is 4.79 Å². The molecule has 8 heteroatoms. The third-order valence-electron chi connectivity index (χ3n) is 9.09. The molecule has 0 spiro atoms. The molecule has 1 N–H and O–H groups in total. The summed E-state index contributed by atoms with van der Waals surface area (Å²) in [6.45, 7) is 7.49. The number of piperidine rings is 1. The predicted octanol–water partition coefficient (Wildman–Crippen LogP) is 5.32. The Hall–Kier alpha value is -4.30. The van der Waals surface area contributed by atoms with Crippen molar-refractivity contribution in [3.63, 3.8) is 0 Å². The van der Waals surface area contributed by atoms with Crippen LogP contribution in [0.15, 0.2) is 91.0 Å². The van der Waals surface area contributed by atoms with Crippen LogP contribution >= 0.6 is 0 Å². The van der Waals surface area contributed by atoms with E-state index in [1.165, 1.54) is 4.90 Å². The molecule has 0 saturated carbocycles. The summed E-state index contributed by atoms with van der Waals surface area (Å²) in [5.74, 6) is -1.70. The van der Waals surface area contributed by atoms with Crippen molar-refractivity contribution >= 4 is 23.6 Å². The van der Waals surface area contributed by atoms with Crippen LogP contribution in [0.25, 0.3) is 0 Å². The van der Waals surface area contributed by atoms with Gasteiger partial charge < -0.3 is 14.9 Å². The molecule has 3 aromatic carbocycles. The number of carbonyl (C=O) groups is 4. The molecular formula is C36H41N3O5. The highest BCUT2D eigenvalue weighted by Gasteiger charge is 2.46. The number of hydrogen-bond acceptors (Lipinski definition) is 5. The number of carbonyl (C=O) groups excluding carboxylic acids is 3. The first kappa shape index (κ1) is 31.1. The lowest BCUT2D eigenvalue weighted by molar-refractivity contribution is -0.137. The van der Waals surface area contributed by atoms with Gasteiger partial charge in [-0.15, -0.1) is 0 Å². The number of likely N-dealkylation sites (tertiary alicyclic amines) is 1. The second kappa shape index (κ2) is 13.1. The van der Waals surface area contributed by atoms with E-state index in [2.05, 4.69) is 0 Å². The zero-order valence-electron chi connectivity index (χ0n) is 25.6. The highest BCUT2D eigenvalue weighted by Crippen LogP contribution is 2.41. The van der Waals surface area contributed by atoms with Crippen molar-refractivity contribution in [2.75, 3.05) is 39.3 Å². The second-order valence-electron chi connectivity index (χ2n) is 13.0. The third-order valence-corrected chi connectivity index (χ3v) is 9.09. The van der Waals surface area contributed by atoms with Gasteiger partial charge in [0.1, 0.15) is 0 Å². The first-order chi connectivity index (χ1) is 21.0. The van der Waals surface area contributed by atoms with E-state index < -0.39 is 17.9 Å². The Morgan fingerprint density at radius 2 is 1.18 bits per heavy atom. The van der Waals surface area contributed by atoms with Crippen LogP contribution in [0.3, 0.4) is 0 Å². The molecule has 0 aliphatic carbocycles. The van der Waals surface area contributed by atoms with Crippen LogP contribution in [0, 0.1) is 17.3 Å². The Morgan fingerprint density at radius 3 is 1.64 bits per heavy atom. The topological polar surface area (TPSA) is 98.2 Å². The first-order valence-electron chi connectivity index (χ1n) is 15.3. The van der Waals surface area contributed by atoms with Gasteiger partial charge >= 0.3 is 6.09 Å². The average molecular weight is 596 g/mol. The number of hydrogen-bond donors (Lipinski definition) is 1. The Kier molecular flexibility index (Phi) is 9.30. The van der Waals surface area contributed by atoms with Crippen LogP contribution < -0.4 is 0 Å². The molecule has 2 heterocycles. The summed E-state index contributed by atoms with van der Waals surface area (Å²) in [6, 6.07) is 27.7. The summed E-state index contributed by atoms with van der Waals surface area (Å²) in [5.41, 5.74) is 1.73. The minimum atomic E-state index is -0.982. The molecule has 0 bridgehead atoms. The first-order valence-corrected chi connectivity index (χ1v) is 15.3. The van der Waals surface area contributed by atoms with E-state index in [1.54, 1.807) is 29.2 Å². The van der Waals surface area contributed by atoms with Crippen molar-refractivity contribution in [2.24, 2.45) is 17.3 Å². The van der Waals surface area contributed by atoms with E-state index in [0.29, 0.717) is 37.3 Å². The van der Waals surface area contributed by atoms with Gasteiger partial charge in [-0.2, -0.15) is 0 Å². The molecule has 3 unspecified atom stereocenters. The predicted molar refractivity (Wildman–Crippen MR) is 169 cm³/mol. The molecule has 2 aliphatic rings. The number of amides is 2. The molecule has 8 nitrogen and oxygen atoms in total. The Balaban J connectivity index is 1.47. The third kappa shape index (κ3) is 6.76. The smallest absolute Gasteiger partial charge is 0.407 e. The van der Waals surface area contributed by atoms with Gasteiger partial charge in [0, 0.05) is 61.6 Å². The SMILES string of the molecule is CC(C)(C)C1CN(C(=O)CN2CC(C(=O)c3ccccc3)C(c3ccccc3)C(C(=O)c3ccccc3)C2)CCN1C(=O)O. The van der Waals surface area contributed by atoms with Crippen LogP contribution in [0.4, 0.5) is 4.79 Å². The van der Waals surface area contributed by atoms with Crippen LogP contribution in [0.2, 0.25) is 0 Å². The van der Waals surface area contributed by atoms with E-state index in [1.807, 2.05) is 92.4 Å². The second-order valence-corrected chi connectivity index (χ2v) is 13.0. The molecule has 3 aromatic rings. The molecular weight excluding hydrogens is 554 g/mol. The Bertz CT molecular complexity index is 1410. The van der Waals surface area contributed by atoms with Crippen molar-refractivity contribution in [1.29, 1.82) is 0 Å². The van der Waals surface area contributed by atoms with Crippen molar-refractivity contribution in [3.8, 4) is 0 Å². The van der Waals surface area contributed by atoms with E-state index in [9.17, 15) is 24.3 Å². The Labute approximate surface area is 259 Å². The van der Waals surface area contributed by atoms with E-state index in [4.69, 9.17) is 0 Å². The van der Waals surface area contributed by atoms with Gasteiger partial charge in [0.2, 0.25) is 5.91 Å². The number of carboxylic acid groups (broad SMARTS) is 1. The fraction of sp³-hybridized carbons (Fsp3) is 0.389. The molecule has 0 radical (unpaired) electrons.